The van der Waals surface area contributed by atoms with Crippen molar-refractivity contribution < 1.29 is 18.7 Å². The van der Waals surface area contributed by atoms with Gasteiger partial charge in [0, 0.05) is 0 Å². The zero-order valence-corrected chi connectivity index (χ0v) is 14.9. The van der Waals surface area contributed by atoms with Crippen LogP contribution in [-0.4, -0.2) is 26.0 Å². The average Bonchev–Trinajstić information content (AvgIpc) is 2.67. The van der Waals surface area contributed by atoms with Crippen LogP contribution in [0.2, 0.25) is 0 Å². The molecule has 1 N–H and O–H groups in total. The molecular weight excluding hydrogens is 358 g/mol. The molecule has 0 saturated carbocycles. The highest BCUT2D eigenvalue weighted by Gasteiger charge is 2.19. The minimum Gasteiger partial charge on any atom is -0.493 e. The molecular formula is C19H16ClNO5. The number of carbonyl (C=O) groups excluding carboxylic acids is 1. The highest BCUT2D eigenvalue weighted by atomic mass is 35.5. The molecule has 0 fully saturated rings. The van der Waals surface area contributed by atoms with E-state index >= 15 is 0 Å². The fourth-order valence-corrected chi connectivity index (χ4v) is 2.71. The van der Waals surface area contributed by atoms with Gasteiger partial charge >= 0.3 is 0 Å². The molecule has 6 nitrogen and oxygen atoms in total. The number of hydrogen-bond acceptors (Lipinski definition) is 5. The average molecular weight is 374 g/mol. The van der Waals surface area contributed by atoms with E-state index < -0.39 is 5.91 Å². The topological polar surface area (TPSA) is 77.8 Å². The molecule has 1 amide bonds. The lowest BCUT2D eigenvalue weighted by atomic mass is 10.0. The monoisotopic (exact) mass is 373 g/mol. The molecule has 1 aromatic heterocycles. The molecule has 2 aromatic carbocycles. The second-order valence-electron chi connectivity index (χ2n) is 5.38. The van der Waals surface area contributed by atoms with Crippen LogP contribution in [-0.2, 0) is 4.79 Å². The standard InChI is InChI=1S/C19H16ClNO5/c1-24-14-8-7-11(9-15(14)25-2)17-18(23)12-5-3-4-6-13(12)26-19(17)21-16(22)10-20/h3-9H,10H2,1-2H3,(H,21,22). The minimum atomic E-state index is -0.480. The van der Waals surface area contributed by atoms with Gasteiger partial charge < -0.3 is 13.9 Å². The smallest absolute Gasteiger partial charge is 0.241 e. The van der Waals surface area contributed by atoms with Crippen LogP contribution in [0.4, 0.5) is 5.88 Å². The van der Waals surface area contributed by atoms with Crippen LogP contribution in [0.5, 0.6) is 11.5 Å². The van der Waals surface area contributed by atoms with Crippen LogP contribution in [0.1, 0.15) is 0 Å². The number of ether oxygens (including phenoxy) is 2. The predicted molar refractivity (Wildman–Crippen MR) is 100 cm³/mol. The maximum Gasteiger partial charge on any atom is 0.241 e. The summed E-state index contributed by atoms with van der Waals surface area (Å²) >= 11 is 5.58. The Morgan fingerprint density at radius 2 is 1.85 bits per heavy atom. The van der Waals surface area contributed by atoms with Gasteiger partial charge in [-0.2, -0.15) is 0 Å². The van der Waals surface area contributed by atoms with Crippen LogP contribution < -0.4 is 20.2 Å². The van der Waals surface area contributed by atoms with Gasteiger partial charge in [-0.1, -0.05) is 18.2 Å². The van der Waals surface area contributed by atoms with E-state index in [9.17, 15) is 9.59 Å². The van der Waals surface area contributed by atoms with E-state index in [1.165, 1.54) is 14.2 Å². The van der Waals surface area contributed by atoms with Crippen molar-refractivity contribution in [1.82, 2.24) is 0 Å². The number of rotatable bonds is 5. The van der Waals surface area contributed by atoms with Crippen LogP contribution in [0.15, 0.2) is 51.7 Å². The Hall–Kier alpha value is -2.99. The van der Waals surface area contributed by atoms with Crippen molar-refractivity contribution in [2.75, 3.05) is 25.4 Å². The van der Waals surface area contributed by atoms with Crippen molar-refractivity contribution in [2.24, 2.45) is 0 Å². The van der Waals surface area contributed by atoms with Crippen LogP contribution >= 0.6 is 11.6 Å². The molecule has 0 radical (unpaired) electrons. The normalized spacial score (nSPS) is 10.6. The molecule has 0 saturated heterocycles. The zero-order chi connectivity index (χ0) is 18.7. The highest BCUT2D eigenvalue weighted by molar-refractivity contribution is 6.29. The van der Waals surface area contributed by atoms with Gasteiger partial charge in [0.25, 0.3) is 0 Å². The molecule has 0 aliphatic carbocycles. The number of amides is 1. The SMILES string of the molecule is COc1ccc(-c2c(NC(=O)CCl)oc3ccccc3c2=O)cc1OC. The maximum absolute atomic E-state index is 13.1. The summed E-state index contributed by atoms with van der Waals surface area (Å²) in [6, 6.07) is 11.8. The van der Waals surface area contributed by atoms with Gasteiger partial charge in [0.2, 0.25) is 17.2 Å². The molecule has 0 aliphatic rings. The Morgan fingerprint density at radius 1 is 1.12 bits per heavy atom. The first-order chi connectivity index (χ1) is 12.6. The Bertz CT molecular complexity index is 1030. The Labute approximate surface area is 154 Å². The van der Waals surface area contributed by atoms with E-state index in [-0.39, 0.29) is 22.8 Å². The summed E-state index contributed by atoms with van der Waals surface area (Å²) in [7, 11) is 3.02. The highest BCUT2D eigenvalue weighted by Crippen LogP contribution is 2.35. The lowest BCUT2D eigenvalue weighted by molar-refractivity contribution is -0.114. The number of nitrogens with one attached hydrogen (secondary N) is 1. The summed E-state index contributed by atoms with van der Waals surface area (Å²) in [5.41, 5.74) is 0.825. The third-order valence-electron chi connectivity index (χ3n) is 3.84. The Morgan fingerprint density at radius 3 is 2.54 bits per heavy atom. The van der Waals surface area contributed by atoms with Crippen molar-refractivity contribution in [3.05, 3.63) is 52.7 Å². The van der Waals surface area contributed by atoms with Gasteiger partial charge in [-0.05, 0) is 29.8 Å². The Balaban J connectivity index is 2.29. The van der Waals surface area contributed by atoms with E-state index in [0.717, 1.165) is 0 Å². The van der Waals surface area contributed by atoms with Gasteiger partial charge in [0.05, 0.1) is 25.2 Å². The number of methoxy groups -OCH3 is 2. The Kier molecular flexibility index (Phi) is 5.14. The lowest BCUT2D eigenvalue weighted by Gasteiger charge is -2.13. The molecule has 3 aromatic rings. The van der Waals surface area contributed by atoms with Crippen molar-refractivity contribution in [3.63, 3.8) is 0 Å². The molecule has 1 heterocycles. The number of anilines is 1. The number of para-hydroxylation sites is 1. The number of halogens is 1. The van der Waals surface area contributed by atoms with Gasteiger partial charge in [-0.25, -0.2) is 0 Å². The number of alkyl halides is 1. The largest absolute Gasteiger partial charge is 0.493 e. The van der Waals surface area contributed by atoms with E-state index in [1.54, 1.807) is 42.5 Å². The van der Waals surface area contributed by atoms with E-state index in [4.69, 9.17) is 25.5 Å². The number of hydrogen-bond donors (Lipinski definition) is 1. The van der Waals surface area contributed by atoms with E-state index in [0.29, 0.717) is 28.0 Å². The number of fused-ring (bicyclic) bond motifs is 1. The van der Waals surface area contributed by atoms with Gasteiger partial charge in [0.1, 0.15) is 11.5 Å². The second-order valence-corrected chi connectivity index (χ2v) is 5.65. The number of benzene rings is 2. The summed E-state index contributed by atoms with van der Waals surface area (Å²) < 4.78 is 16.3. The third kappa shape index (κ3) is 3.23. The molecule has 0 unspecified atom stereocenters. The van der Waals surface area contributed by atoms with Crippen LogP contribution in [0.25, 0.3) is 22.1 Å². The van der Waals surface area contributed by atoms with Gasteiger partial charge in [-0.15, -0.1) is 11.6 Å². The fourth-order valence-electron chi connectivity index (χ4n) is 2.64. The van der Waals surface area contributed by atoms with Crippen molar-refractivity contribution in [1.29, 1.82) is 0 Å². The third-order valence-corrected chi connectivity index (χ3v) is 4.09. The first kappa shape index (κ1) is 17.8. The molecule has 0 bridgehead atoms. The molecule has 26 heavy (non-hydrogen) atoms. The summed E-state index contributed by atoms with van der Waals surface area (Å²) in [6.45, 7) is 0. The first-order valence-electron chi connectivity index (χ1n) is 7.73. The molecule has 3 rings (SSSR count). The number of carbonyl (C=O) groups is 1. The zero-order valence-electron chi connectivity index (χ0n) is 14.2. The van der Waals surface area contributed by atoms with Crippen molar-refractivity contribution in [3.8, 4) is 22.6 Å². The van der Waals surface area contributed by atoms with Gasteiger partial charge in [0.15, 0.2) is 11.5 Å². The lowest BCUT2D eigenvalue weighted by Crippen LogP contribution is -2.17. The summed E-state index contributed by atoms with van der Waals surface area (Å²) in [5.74, 6) is 0.264. The van der Waals surface area contributed by atoms with Crippen molar-refractivity contribution >= 4 is 34.4 Å². The van der Waals surface area contributed by atoms with Crippen LogP contribution in [0, 0.1) is 0 Å². The minimum absolute atomic E-state index is 0.0339. The molecule has 0 aliphatic heterocycles. The molecule has 7 heteroatoms. The maximum atomic E-state index is 13.1. The summed E-state index contributed by atoms with van der Waals surface area (Å²) in [5, 5.41) is 2.95. The quantitative estimate of drug-likeness (QED) is 0.690. The second kappa shape index (κ2) is 7.49. The predicted octanol–water partition coefficient (Wildman–Crippen LogP) is 3.65. The first-order valence-corrected chi connectivity index (χ1v) is 8.26. The van der Waals surface area contributed by atoms with Gasteiger partial charge in [-0.3, -0.25) is 14.9 Å². The van der Waals surface area contributed by atoms with E-state index in [2.05, 4.69) is 5.32 Å². The van der Waals surface area contributed by atoms with Crippen LogP contribution in [0.3, 0.4) is 0 Å². The molecule has 134 valence electrons. The molecule has 0 atom stereocenters. The van der Waals surface area contributed by atoms with E-state index in [1.807, 2.05) is 0 Å². The fraction of sp³-hybridized carbons (Fsp3) is 0.158. The van der Waals surface area contributed by atoms with Crippen molar-refractivity contribution in [2.45, 2.75) is 0 Å². The summed E-state index contributed by atoms with van der Waals surface area (Å²) in [6.07, 6.45) is 0. The summed E-state index contributed by atoms with van der Waals surface area (Å²) in [4.78, 5) is 24.8. The molecule has 0 spiro atoms.